The largest absolute Gasteiger partial charge is 0.213 e. The third-order valence-corrected chi connectivity index (χ3v) is 4.70. The van der Waals surface area contributed by atoms with Gasteiger partial charge in [0, 0.05) is 13.1 Å². The van der Waals surface area contributed by atoms with E-state index in [4.69, 9.17) is 0 Å². The Morgan fingerprint density at radius 3 is 2.00 bits per heavy atom. The van der Waals surface area contributed by atoms with Crippen LogP contribution in [0.15, 0.2) is 0 Å². The Bertz CT molecular complexity index is 298. The van der Waals surface area contributed by atoms with Crippen molar-refractivity contribution < 1.29 is 8.42 Å². The summed E-state index contributed by atoms with van der Waals surface area (Å²) in [5, 5.41) is 0. The van der Waals surface area contributed by atoms with Gasteiger partial charge in [-0.15, -0.1) is 0 Å². The lowest BCUT2D eigenvalue weighted by molar-refractivity contribution is 0.374. The summed E-state index contributed by atoms with van der Waals surface area (Å²) in [6.07, 6.45) is 1.31. The summed E-state index contributed by atoms with van der Waals surface area (Å²) in [5.41, 5.74) is 0. The fourth-order valence-corrected chi connectivity index (χ4v) is 3.68. The van der Waals surface area contributed by atoms with Gasteiger partial charge in [0.2, 0.25) is 10.0 Å². The molecule has 2 unspecified atom stereocenters. The summed E-state index contributed by atoms with van der Waals surface area (Å²) in [6.45, 7) is 6.00. The molecule has 1 heterocycles. The number of sulfonamides is 1. The molecular formula is C9H17NO2S. The van der Waals surface area contributed by atoms with Gasteiger partial charge in [-0.1, -0.05) is 13.8 Å². The van der Waals surface area contributed by atoms with E-state index in [9.17, 15) is 8.42 Å². The summed E-state index contributed by atoms with van der Waals surface area (Å²) in [7, 11) is -2.92. The van der Waals surface area contributed by atoms with Crippen LogP contribution >= 0.6 is 0 Å². The van der Waals surface area contributed by atoms with Crippen LogP contribution in [0.25, 0.3) is 0 Å². The van der Waals surface area contributed by atoms with Gasteiger partial charge in [-0.25, -0.2) is 12.7 Å². The van der Waals surface area contributed by atoms with Gasteiger partial charge in [0.25, 0.3) is 0 Å². The highest BCUT2D eigenvalue weighted by Crippen LogP contribution is 2.55. The molecule has 0 aromatic carbocycles. The average molecular weight is 203 g/mol. The average Bonchev–Trinajstić information content (AvgIpc) is 2.46. The standard InChI is InChI=1S/C9H17NO2S/c1-6(2)9-7-4-10(5-8(7)9)13(3,11)12/h6-9H,4-5H2,1-3H3. The molecule has 0 aromatic heterocycles. The first kappa shape index (κ1) is 9.46. The van der Waals surface area contributed by atoms with Crippen molar-refractivity contribution in [2.45, 2.75) is 13.8 Å². The van der Waals surface area contributed by atoms with E-state index >= 15 is 0 Å². The highest BCUT2D eigenvalue weighted by molar-refractivity contribution is 7.88. The molecule has 2 atom stereocenters. The molecule has 0 spiro atoms. The van der Waals surface area contributed by atoms with Crippen molar-refractivity contribution in [2.75, 3.05) is 19.3 Å². The maximum absolute atomic E-state index is 11.2. The van der Waals surface area contributed by atoms with Crippen LogP contribution in [0.2, 0.25) is 0 Å². The van der Waals surface area contributed by atoms with E-state index in [2.05, 4.69) is 13.8 Å². The Morgan fingerprint density at radius 2 is 1.69 bits per heavy atom. The molecule has 0 bridgehead atoms. The Morgan fingerprint density at radius 1 is 1.23 bits per heavy atom. The Kier molecular flexibility index (Phi) is 1.97. The molecule has 2 rings (SSSR count). The molecule has 1 saturated heterocycles. The fraction of sp³-hybridized carbons (Fsp3) is 1.00. The fourth-order valence-electron chi connectivity index (χ4n) is 2.79. The van der Waals surface area contributed by atoms with Crippen molar-refractivity contribution in [3.63, 3.8) is 0 Å². The molecule has 4 heteroatoms. The maximum atomic E-state index is 11.2. The van der Waals surface area contributed by atoms with Crippen LogP contribution in [-0.4, -0.2) is 32.1 Å². The summed E-state index contributed by atoms with van der Waals surface area (Å²) < 4.78 is 24.0. The quantitative estimate of drug-likeness (QED) is 0.665. The molecule has 1 aliphatic carbocycles. The van der Waals surface area contributed by atoms with Crippen LogP contribution in [0.4, 0.5) is 0 Å². The van der Waals surface area contributed by atoms with Crippen LogP contribution < -0.4 is 0 Å². The number of rotatable bonds is 2. The van der Waals surface area contributed by atoms with E-state index in [0.717, 1.165) is 24.9 Å². The molecule has 3 nitrogen and oxygen atoms in total. The zero-order valence-corrected chi connectivity index (χ0v) is 9.21. The molecule has 0 amide bonds. The Hall–Kier alpha value is -0.0900. The van der Waals surface area contributed by atoms with Crippen LogP contribution in [0, 0.1) is 23.7 Å². The summed E-state index contributed by atoms with van der Waals surface area (Å²) in [4.78, 5) is 0. The smallest absolute Gasteiger partial charge is 0.211 e. The van der Waals surface area contributed by atoms with Gasteiger partial charge in [-0.3, -0.25) is 0 Å². The molecular weight excluding hydrogens is 186 g/mol. The van der Waals surface area contributed by atoms with Gasteiger partial charge in [0.15, 0.2) is 0 Å². The topological polar surface area (TPSA) is 37.4 Å². The minimum Gasteiger partial charge on any atom is -0.213 e. The number of nitrogens with zero attached hydrogens (tertiary/aromatic N) is 1. The van der Waals surface area contributed by atoms with Crippen molar-refractivity contribution in [3.8, 4) is 0 Å². The van der Waals surface area contributed by atoms with Crippen LogP contribution in [0.1, 0.15) is 13.8 Å². The summed E-state index contributed by atoms with van der Waals surface area (Å²) in [5.74, 6) is 2.83. The van der Waals surface area contributed by atoms with Gasteiger partial charge >= 0.3 is 0 Å². The first-order valence-corrected chi connectivity index (χ1v) is 6.71. The lowest BCUT2D eigenvalue weighted by Crippen LogP contribution is -2.31. The van der Waals surface area contributed by atoms with Crippen LogP contribution in [-0.2, 0) is 10.0 Å². The monoisotopic (exact) mass is 203 g/mol. The SMILES string of the molecule is CC(C)C1C2CN(S(C)(=O)=O)CC21. The predicted molar refractivity (Wildman–Crippen MR) is 51.7 cm³/mol. The first-order valence-electron chi connectivity index (χ1n) is 4.86. The number of hydrogen-bond donors (Lipinski definition) is 0. The highest BCUT2D eigenvalue weighted by atomic mass is 32.2. The van der Waals surface area contributed by atoms with Gasteiger partial charge in [-0.2, -0.15) is 0 Å². The minimum absolute atomic E-state index is 0.662. The number of hydrogen-bond acceptors (Lipinski definition) is 2. The van der Waals surface area contributed by atoms with Crippen molar-refractivity contribution in [3.05, 3.63) is 0 Å². The second-order valence-corrected chi connectivity index (χ2v) is 6.71. The maximum Gasteiger partial charge on any atom is 0.211 e. The number of piperidine rings is 1. The van der Waals surface area contributed by atoms with Crippen molar-refractivity contribution in [1.29, 1.82) is 0 Å². The molecule has 2 aliphatic rings. The predicted octanol–water partition coefficient (Wildman–Crippen LogP) is 0.780. The molecule has 13 heavy (non-hydrogen) atoms. The molecule has 0 radical (unpaired) electrons. The van der Waals surface area contributed by atoms with Gasteiger partial charge < -0.3 is 0 Å². The zero-order chi connectivity index (χ0) is 9.80. The lowest BCUT2D eigenvalue weighted by Gasteiger charge is -2.17. The third-order valence-electron chi connectivity index (χ3n) is 3.47. The van der Waals surface area contributed by atoms with Gasteiger partial charge in [0.1, 0.15) is 0 Å². The Labute approximate surface area is 80.2 Å². The molecule has 76 valence electrons. The van der Waals surface area contributed by atoms with Crippen LogP contribution in [0.3, 0.4) is 0 Å². The second-order valence-electron chi connectivity index (χ2n) is 4.73. The first-order chi connectivity index (χ1) is 5.91. The molecule has 1 saturated carbocycles. The normalized spacial score (nSPS) is 39.5. The van der Waals surface area contributed by atoms with E-state index in [0.29, 0.717) is 11.8 Å². The van der Waals surface area contributed by atoms with E-state index in [1.54, 1.807) is 4.31 Å². The van der Waals surface area contributed by atoms with Crippen molar-refractivity contribution in [1.82, 2.24) is 4.31 Å². The molecule has 2 fully saturated rings. The Balaban J connectivity index is 1.98. The third kappa shape index (κ3) is 1.50. The van der Waals surface area contributed by atoms with E-state index in [-0.39, 0.29) is 0 Å². The van der Waals surface area contributed by atoms with E-state index < -0.39 is 10.0 Å². The summed E-state index contributed by atoms with van der Waals surface area (Å²) >= 11 is 0. The van der Waals surface area contributed by atoms with Crippen molar-refractivity contribution in [2.24, 2.45) is 23.7 Å². The second kappa shape index (κ2) is 2.70. The van der Waals surface area contributed by atoms with E-state index in [1.165, 1.54) is 6.26 Å². The molecule has 0 aromatic rings. The van der Waals surface area contributed by atoms with Crippen molar-refractivity contribution >= 4 is 10.0 Å². The molecule has 1 aliphatic heterocycles. The highest BCUT2D eigenvalue weighted by Gasteiger charge is 2.57. The minimum atomic E-state index is -2.92. The zero-order valence-electron chi connectivity index (χ0n) is 8.40. The van der Waals surface area contributed by atoms with E-state index in [1.807, 2.05) is 0 Å². The lowest BCUT2D eigenvalue weighted by atomic mass is 10.1. The van der Waals surface area contributed by atoms with Gasteiger partial charge in [-0.05, 0) is 23.7 Å². The number of fused-ring (bicyclic) bond motifs is 1. The molecule has 0 N–H and O–H groups in total. The van der Waals surface area contributed by atoms with Crippen LogP contribution in [0.5, 0.6) is 0 Å². The summed E-state index contributed by atoms with van der Waals surface area (Å²) in [6, 6.07) is 0. The van der Waals surface area contributed by atoms with Gasteiger partial charge in [0.05, 0.1) is 6.26 Å².